The third-order valence-corrected chi connectivity index (χ3v) is 4.85. The van der Waals surface area contributed by atoms with Gasteiger partial charge in [-0.05, 0) is 19.8 Å². The molecule has 0 radical (unpaired) electrons. The monoisotopic (exact) mass is 249 g/mol. The maximum Gasteiger partial charge on any atom is 0.152 e. The van der Waals surface area contributed by atoms with E-state index in [1.54, 1.807) is 0 Å². The van der Waals surface area contributed by atoms with E-state index in [0.717, 1.165) is 26.0 Å². The first-order valence-electron chi connectivity index (χ1n) is 6.01. The first-order chi connectivity index (χ1) is 7.47. The van der Waals surface area contributed by atoms with Crippen molar-refractivity contribution in [1.29, 1.82) is 0 Å². The molecule has 0 aromatic heterocycles. The molecule has 96 valence electrons. The van der Waals surface area contributed by atoms with Crippen LogP contribution in [0.4, 0.5) is 0 Å². The van der Waals surface area contributed by atoms with Gasteiger partial charge < -0.3 is 10.1 Å². The fourth-order valence-corrected chi connectivity index (χ4v) is 4.05. The van der Waals surface area contributed by atoms with Gasteiger partial charge >= 0.3 is 0 Å². The third kappa shape index (κ3) is 4.80. The van der Waals surface area contributed by atoms with Crippen molar-refractivity contribution in [2.24, 2.45) is 0 Å². The number of sulfone groups is 1. The molecule has 5 heteroatoms. The number of nitrogens with one attached hydrogen (secondary N) is 1. The van der Waals surface area contributed by atoms with Crippen molar-refractivity contribution in [3.05, 3.63) is 0 Å². The maximum atomic E-state index is 11.3. The Balaban J connectivity index is 2.13. The molecule has 0 bridgehead atoms. The van der Waals surface area contributed by atoms with Gasteiger partial charge in [0.15, 0.2) is 9.84 Å². The van der Waals surface area contributed by atoms with Crippen molar-refractivity contribution < 1.29 is 13.2 Å². The van der Waals surface area contributed by atoms with Crippen molar-refractivity contribution in [3.8, 4) is 0 Å². The number of hydrogen-bond acceptors (Lipinski definition) is 4. The molecular weight excluding hydrogens is 226 g/mol. The van der Waals surface area contributed by atoms with Crippen LogP contribution < -0.4 is 5.32 Å². The van der Waals surface area contributed by atoms with Crippen LogP contribution in [0.3, 0.4) is 0 Å². The molecule has 1 saturated heterocycles. The Morgan fingerprint density at radius 2 is 2.12 bits per heavy atom. The predicted molar refractivity (Wildman–Crippen MR) is 65.4 cm³/mol. The van der Waals surface area contributed by atoms with Crippen LogP contribution in [-0.2, 0) is 14.6 Å². The Morgan fingerprint density at radius 1 is 1.38 bits per heavy atom. The van der Waals surface area contributed by atoms with E-state index < -0.39 is 9.84 Å². The van der Waals surface area contributed by atoms with Gasteiger partial charge in [-0.2, -0.15) is 0 Å². The molecule has 0 aromatic rings. The zero-order chi connectivity index (χ0) is 12.1. The van der Waals surface area contributed by atoms with E-state index >= 15 is 0 Å². The van der Waals surface area contributed by atoms with Gasteiger partial charge in [-0.25, -0.2) is 8.42 Å². The van der Waals surface area contributed by atoms with Crippen LogP contribution >= 0.6 is 0 Å². The van der Waals surface area contributed by atoms with E-state index in [1.165, 1.54) is 0 Å². The van der Waals surface area contributed by atoms with E-state index in [0.29, 0.717) is 18.8 Å². The van der Waals surface area contributed by atoms with Crippen molar-refractivity contribution >= 4 is 9.84 Å². The first-order valence-corrected chi connectivity index (χ1v) is 7.83. The van der Waals surface area contributed by atoms with Crippen LogP contribution in [0.1, 0.15) is 33.1 Å². The lowest BCUT2D eigenvalue weighted by molar-refractivity contribution is 0.127. The molecule has 1 unspecified atom stereocenters. The van der Waals surface area contributed by atoms with Crippen molar-refractivity contribution in [3.63, 3.8) is 0 Å². The summed E-state index contributed by atoms with van der Waals surface area (Å²) in [7, 11) is -2.81. The van der Waals surface area contributed by atoms with Gasteiger partial charge in [0.1, 0.15) is 0 Å². The molecule has 1 N–H and O–H groups in total. The molecule has 0 aliphatic carbocycles. The number of unbranched alkanes of at least 4 members (excludes halogenated alkanes) is 1. The van der Waals surface area contributed by atoms with Gasteiger partial charge in [0.05, 0.1) is 18.1 Å². The summed E-state index contributed by atoms with van der Waals surface area (Å²) in [6.45, 7) is 6.30. The molecule has 0 spiro atoms. The first kappa shape index (κ1) is 13.9. The SMILES string of the molecule is CCCCOCCNC1(C)CCS(=O)(=O)C1. The van der Waals surface area contributed by atoms with Crippen molar-refractivity contribution in [2.75, 3.05) is 31.3 Å². The minimum absolute atomic E-state index is 0.243. The second-order valence-corrected chi connectivity index (χ2v) is 6.98. The molecular formula is C11H23NO3S. The van der Waals surface area contributed by atoms with Crippen LogP contribution in [0, 0.1) is 0 Å². The van der Waals surface area contributed by atoms with E-state index in [4.69, 9.17) is 4.74 Å². The summed E-state index contributed by atoms with van der Waals surface area (Å²) >= 11 is 0. The second-order valence-electron chi connectivity index (χ2n) is 4.80. The van der Waals surface area contributed by atoms with Gasteiger partial charge in [-0.1, -0.05) is 13.3 Å². The molecule has 1 rings (SSSR count). The highest BCUT2D eigenvalue weighted by atomic mass is 32.2. The Morgan fingerprint density at radius 3 is 2.69 bits per heavy atom. The zero-order valence-corrected chi connectivity index (χ0v) is 11.1. The highest BCUT2D eigenvalue weighted by Gasteiger charge is 2.37. The van der Waals surface area contributed by atoms with Crippen LogP contribution in [0.2, 0.25) is 0 Å². The van der Waals surface area contributed by atoms with E-state index in [-0.39, 0.29) is 11.3 Å². The van der Waals surface area contributed by atoms with Gasteiger partial charge in [-0.3, -0.25) is 0 Å². The molecule has 1 fully saturated rings. The largest absolute Gasteiger partial charge is 0.380 e. The standard InChI is InChI=1S/C11H23NO3S/c1-3-4-7-15-8-6-12-11(2)5-9-16(13,14)10-11/h12H,3-10H2,1-2H3. The third-order valence-electron chi connectivity index (χ3n) is 2.94. The quantitative estimate of drug-likeness (QED) is 0.683. The van der Waals surface area contributed by atoms with E-state index in [9.17, 15) is 8.42 Å². The Bertz CT molecular complexity index is 302. The molecule has 16 heavy (non-hydrogen) atoms. The molecule has 0 amide bonds. The van der Waals surface area contributed by atoms with Gasteiger partial charge in [0, 0.05) is 18.7 Å². The zero-order valence-electron chi connectivity index (χ0n) is 10.3. The molecule has 0 saturated carbocycles. The van der Waals surface area contributed by atoms with Crippen LogP contribution in [-0.4, -0.2) is 45.2 Å². The van der Waals surface area contributed by atoms with E-state index in [2.05, 4.69) is 12.2 Å². The van der Waals surface area contributed by atoms with E-state index in [1.807, 2.05) is 6.92 Å². The average molecular weight is 249 g/mol. The Hall–Kier alpha value is -0.130. The van der Waals surface area contributed by atoms with Crippen LogP contribution in [0.25, 0.3) is 0 Å². The Kier molecular flexibility index (Phi) is 5.21. The topological polar surface area (TPSA) is 55.4 Å². The summed E-state index contributed by atoms with van der Waals surface area (Å²) < 4.78 is 28.1. The smallest absolute Gasteiger partial charge is 0.152 e. The lowest BCUT2D eigenvalue weighted by atomic mass is 10.0. The number of rotatable bonds is 7. The summed E-state index contributed by atoms with van der Waals surface area (Å²) in [5.41, 5.74) is -0.243. The lowest BCUT2D eigenvalue weighted by Gasteiger charge is -2.23. The normalized spacial score (nSPS) is 28.4. The average Bonchev–Trinajstić information content (AvgIpc) is 2.47. The molecule has 1 atom stereocenters. The molecule has 4 nitrogen and oxygen atoms in total. The summed E-state index contributed by atoms with van der Waals surface area (Å²) in [4.78, 5) is 0. The lowest BCUT2D eigenvalue weighted by Crippen LogP contribution is -2.44. The molecule has 1 aliphatic heterocycles. The summed E-state index contributed by atoms with van der Waals surface area (Å²) in [6.07, 6.45) is 2.94. The fourth-order valence-electron chi connectivity index (χ4n) is 1.92. The molecule has 0 aromatic carbocycles. The molecule has 1 heterocycles. The highest BCUT2D eigenvalue weighted by Crippen LogP contribution is 2.22. The summed E-state index contributed by atoms with van der Waals surface area (Å²) in [5, 5.41) is 3.29. The number of ether oxygens (including phenoxy) is 1. The molecule has 1 aliphatic rings. The summed E-state index contributed by atoms with van der Waals surface area (Å²) in [5.74, 6) is 0.572. The maximum absolute atomic E-state index is 11.3. The van der Waals surface area contributed by atoms with Gasteiger partial charge in [-0.15, -0.1) is 0 Å². The minimum Gasteiger partial charge on any atom is -0.380 e. The van der Waals surface area contributed by atoms with Crippen LogP contribution in [0.5, 0.6) is 0 Å². The second kappa shape index (κ2) is 5.98. The van der Waals surface area contributed by atoms with Crippen LogP contribution in [0.15, 0.2) is 0 Å². The predicted octanol–water partition coefficient (Wildman–Crippen LogP) is 0.970. The Labute approximate surface area is 98.7 Å². The minimum atomic E-state index is -2.81. The highest BCUT2D eigenvalue weighted by molar-refractivity contribution is 7.91. The van der Waals surface area contributed by atoms with Crippen molar-refractivity contribution in [1.82, 2.24) is 5.32 Å². The number of hydrogen-bond donors (Lipinski definition) is 1. The summed E-state index contributed by atoms with van der Waals surface area (Å²) in [6, 6.07) is 0. The van der Waals surface area contributed by atoms with Crippen molar-refractivity contribution in [2.45, 2.75) is 38.6 Å². The fraction of sp³-hybridized carbons (Fsp3) is 1.00. The van der Waals surface area contributed by atoms with Gasteiger partial charge in [0.2, 0.25) is 0 Å². The van der Waals surface area contributed by atoms with Gasteiger partial charge in [0.25, 0.3) is 0 Å².